The van der Waals surface area contributed by atoms with Gasteiger partial charge in [0.1, 0.15) is 5.60 Å². The van der Waals surface area contributed by atoms with E-state index in [0.717, 1.165) is 29.9 Å². The Kier molecular flexibility index (Phi) is 8.27. The van der Waals surface area contributed by atoms with Crippen LogP contribution in [0.4, 0.5) is 16.4 Å². The highest BCUT2D eigenvalue weighted by Gasteiger charge is 2.36. The van der Waals surface area contributed by atoms with E-state index in [2.05, 4.69) is 14.7 Å². The molecule has 2 heterocycles. The Morgan fingerprint density at radius 1 is 1.23 bits per heavy atom. The Hall–Kier alpha value is -3.26. The highest BCUT2D eigenvalue weighted by molar-refractivity contribution is 7.89. The maximum Gasteiger partial charge on any atom is 0.424 e. The first-order valence-electron chi connectivity index (χ1n) is 11.0. The number of carbonyl (C=O) groups is 1. The molecule has 0 atom stereocenters. The van der Waals surface area contributed by atoms with Gasteiger partial charge in [-0.1, -0.05) is 25.0 Å². The third kappa shape index (κ3) is 6.66. The standard InChI is InChI=1S/C21H28N6O6S2/c1-21(2,3)33-20(28)26(35(31,32)17-11-7-6-10-16(17)27(29)30)14-9-5-4-8-12-22-18-24-34-19-23-13-15-25(18)19/h6-7,10-11,13,15H,4-5,8-9,12,14H2,1-3H3,(H,22,24). The Morgan fingerprint density at radius 3 is 2.66 bits per heavy atom. The lowest BCUT2D eigenvalue weighted by molar-refractivity contribution is -0.387. The van der Waals surface area contributed by atoms with Gasteiger partial charge < -0.3 is 10.1 Å². The summed E-state index contributed by atoms with van der Waals surface area (Å²) in [6.45, 7) is 5.37. The fraction of sp³-hybridized carbons (Fsp3) is 0.476. The zero-order valence-corrected chi connectivity index (χ0v) is 21.3. The van der Waals surface area contributed by atoms with Crippen LogP contribution in [-0.2, 0) is 14.8 Å². The zero-order chi connectivity index (χ0) is 25.6. The minimum Gasteiger partial charge on any atom is -0.443 e. The van der Waals surface area contributed by atoms with Gasteiger partial charge in [0, 0.05) is 43.1 Å². The lowest BCUT2D eigenvalue weighted by Crippen LogP contribution is -2.41. The van der Waals surface area contributed by atoms with Gasteiger partial charge in [-0.15, -0.1) is 0 Å². The molecule has 0 saturated heterocycles. The molecule has 0 aliphatic rings. The number of anilines is 1. The molecule has 0 aliphatic carbocycles. The average Bonchev–Trinajstić information content (AvgIpc) is 3.38. The van der Waals surface area contributed by atoms with Crippen LogP contribution in [0, 0.1) is 10.1 Å². The molecule has 0 unspecified atom stereocenters. The summed E-state index contributed by atoms with van der Waals surface area (Å²) in [4.78, 5) is 27.8. The van der Waals surface area contributed by atoms with Gasteiger partial charge in [-0.05, 0) is 39.7 Å². The number of unbranched alkanes of at least 4 members (excludes halogenated alkanes) is 3. The number of hydrogen-bond donors (Lipinski definition) is 1. The molecule has 0 saturated carbocycles. The molecular weight excluding hydrogens is 496 g/mol. The van der Waals surface area contributed by atoms with Crippen LogP contribution in [0.2, 0.25) is 0 Å². The zero-order valence-electron chi connectivity index (χ0n) is 19.7. The molecule has 2 aromatic heterocycles. The van der Waals surface area contributed by atoms with Crippen molar-refractivity contribution in [3.63, 3.8) is 0 Å². The summed E-state index contributed by atoms with van der Waals surface area (Å²) in [5.41, 5.74) is -1.53. The summed E-state index contributed by atoms with van der Waals surface area (Å²) in [7, 11) is -4.50. The van der Waals surface area contributed by atoms with E-state index >= 15 is 0 Å². The van der Waals surface area contributed by atoms with E-state index in [0.29, 0.717) is 29.6 Å². The first-order chi connectivity index (χ1) is 16.5. The number of nitrogens with one attached hydrogen (secondary N) is 1. The van der Waals surface area contributed by atoms with E-state index in [1.165, 1.54) is 23.7 Å². The van der Waals surface area contributed by atoms with Crippen molar-refractivity contribution in [2.45, 2.75) is 57.0 Å². The summed E-state index contributed by atoms with van der Waals surface area (Å²) in [6, 6.07) is 4.95. The molecule has 1 amide bonds. The van der Waals surface area contributed by atoms with Gasteiger partial charge in [0.15, 0.2) is 4.90 Å². The van der Waals surface area contributed by atoms with Gasteiger partial charge in [-0.2, -0.15) is 4.37 Å². The van der Waals surface area contributed by atoms with Crippen molar-refractivity contribution in [2.75, 3.05) is 18.4 Å². The van der Waals surface area contributed by atoms with Crippen molar-refractivity contribution < 1.29 is 22.9 Å². The minimum atomic E-state index is -4.50. The van der Waals surface area contributed by atoms with E-state index in [1.807, 2.05) is 10.6 Å². The van der Waals surface area contributed by atoms with Gasteiger partial charge in [-0.3, -0.25) is 14.5 Å². The van der Waals surface area contributed by atoms with Crippen LogP contribution in [0.5, 0.6) is 0 Å². The predicted octanol–water partition coefficient (Wildman–Crippen LogP) is 4.30. The number of nitrogens with zero attached hydrogens (tertiary/aromatic N) is 5. The Labute approximate surface area is 207 Å². The second-order valence-corrected chi connectivity index (χ2v) is 11.3. The van der Waals surface area contributed by atoms with Gasteiger partial charge in [0.05, 0.1) is 4.92 Å². The van der Waals surface area contributed by atoms with Crippen molar-refractivity contribution in [1.29, 1.82) is 0 Å². The van der Waals surface area contributed by atoms with Crippen LogP contribution < -0.4 is 5.32 Å². The molecule has 12 nitrogen and oxygen atoms in total. The summed E-state index contributed by atoms with van der Waals surface area (Å²) in [5, 5.41) is 14.6. The number of fused-ring (bicyclic) bond motifs is 1. The summed E-state index contributed by atoms with van der Waals surface area (Å²) >= 11 is 1.30. The van der Waals surface area contributed by atoms with Crippen molar-refractivity contribution in [2.24, 2.45) is 0 Å². The van der Waals surface area contributed by atoms with Crippen molar-refractivity contribution >= 4 is 44.2 Å². The number of nitro benzene ring substituents is 1. The highest BCUT2D eigenvalue weighted by atomic mass is 32.2. The van der Waals surface area contributed by atoms with Gasteiger partial charge >= 0.3 is 6.09 Å². The Morgan fingerprint density at radius 2 is 1.94 bits per heavy atom. The summed E-state index contributed by atoms with van der Waals surface area (Å²) in [6.07, 6.45) is 5.06. The number of benzene rings is 1. The molecule has 0 bridgehead atoms. The number of hydrogen-bond acceptors (Lipinski definition) is 10. The second-order valence-electron chi connectivity index (χ2n) is 8.71. The first-order valence-corrected chi connectivity index (χ1v) is 13.2. The molecule has 0 radical (unpaired) electrons. The second kappa shape index (κ2) is 11.0. The van der Waals surface area contributed by atoms with Crippen LogP contribution in [0.15, 0.2) is 41.6 Å². The van der Waals surface area contributed by atoms with Crippen LogP contribution in [0.1, 0.15) is 46.5 Å². The molecule has 3 rings (SSSR count). The number of amides is 1. The minimum absolute atomic E-state index is 0.154. The molecule has 1 N–H and O–H groups in total. The molecule has 0 aliphatic heterocycles. The molecule has 3 aromatic rings. The van der Waals surface area contributed by atoms with Crippen LogP contribution in [0.3, 0.4) is 0 Å². The third-order valence-corrected chi connectivity index (χ3v) is 7.39. The van der Waals surface area contributed by atoms with Gasteiger partial charge in [-0.25, -0.2) is 22.5 Å². The highest BCUT2D eigenvalue weighted by Crippen LogP contribution is 2.28. The number of imidazole rings is 1. The van der Waals surface area contributed by atoms with E-state index in [-0.39, 0.29) is 6.54 Å². The lowest BCUT2D eigenvalue weighted by Gasteiger charge is -2.27. The molecule has 1 aromatic carbocycles. The fourth-order valence-corrected chi connectivity index (χ4v) is 5.43. The van der Waals surface area contributed by atoms with Crippen molar-refractivity contribution in [3.8, 4) is 0 Å². The SMILES string of the molecule is CC(C)(C)OC(=O)N(CCCCCCNc1nsc2nccn12)S(=O)(=O)c1ccccc1[N+](=O)[O-]. The number of ether oxygens (including phenoxy) is 1. The van der Waals surface area contributed by atoms with Crippen molar-refractivity contribution in [1.82, 2.24) is 18.1 Å². The van der Waals surface area contributed by atoms with Crippen LogP contribution in [0.25, 0.3) is 4.96 Å². The van der Waals surface area contributed by atoms with E-state index < -0.39 is 37.2 Å². The number of rotatable bonds is 11. The average molecular weight is 525 g/mol. The predicted molar refractivity (Wildman–Crippen MR) is 131 cm³/mol. The fourth-order valence-electron chi connectivity index (χ4n) is 3.27. The van der Waals surface area contributed by atoms with E-state index in [1.54, 1.807) is 27.0 Å². The summed E-state index contributed by atoms with van der Waals surface area (Å²) < 4.78 is 38.6. The first kappa shape index (κ1) is 26.3. The number of para-hydroxylation sites is 1. The quantitative estimate of drug-likeness (QED) is 0.220. The topological polar surface area (TPSA) is 149 Å². The molecule has 0 fully saturated rings. The molecule has 0 spiro atoms. The maximum absolute atomic E-state index is 13.3. The maximum atomic E-state index is 13.3. The molecule has 190 valence electrons. The molecule has 35 heavy (non-hydrogen) atoms. The number of nitro groups is 1. The van der Waals surface area contributed by atoms with E-state index in [4.69, 9.17) is 4.74 Å². The largest absolute Gasteiger partial charge is 0.443 e. The molecular formula is C21H28N6O6S2. The third-order valence-electron chi connectivity index (χ3n) is 4.85. The van der Waals surface area contributed by atoms with Gasteiger partial charge in [0.25, 0.3) is 15.7 Å². The van der Waals surface area contributed by atoms with Gasteiger partial charge in [0.2, 0.25) is 10.9 Å². The van der Waals surface area contributed by atoms with Crippen molar-refractivity contribution in [3.05, 3.63) is 46.8 Å². The number of aromatic nitrogens is 3. The number of sulfonamides is 1. The Bertz CT molecular complexity index is 1280. The van der Waals surface area contributed by atoms with Crippen LogP contribution >= 0.6 is 11.5 Å². The van der Waals surface area contributed by atoms with E-state index in [9.17, 15) is 23.3 Å². The molecule has 14 heteroatoms. The number of carbonyl (C=O) groups excluding carboxylic acids is 1. The normalized spacial score (nSPS) is 12.0. The lowest BCUT2D eigenvalue weighted by atomic mass is 10.2. The Balaban J connectivity index is 1.60. The summed E-state index contributed by atoms with van der Waals surface area (Å²) in [5.74, 6) is 0.717. The van der Waals surface area contributed by atoms with Crippen LogP contribution in [-0.4, -0.2) is 56.2 Å². The monoisotopic (exact) mass is 524 g/mol. The smallest absolute Gasteiger partial charge is 0.424 e.